The predicted octanol–water partition coefficient (Wildman–Crippen LogP) is 4.34. The van der Waals surface area contributed by atoms with Crippen LogP contribution in [0.3, 0.4) is 0 Å². The first kappa shape index (κ1) is 15.8. The van der Waals surface area contributed by atoms with Crippen LogP contribution in [0.25, 0.3) is 0 Å². The Balaban J connectivity index is 1.72. The maximum atomic E-state index is 3.92. The summed E-state index contributed by atoms with van der Waals surface area (Å²) in [7, 11) is 0. The Hall–Kier alpha value is -0.0800. The van der Waals surface area contributed by atoms with Gasteiger partial charge in [0.05, 0.1) is 0 Å². The number of piperazine rings is 1. The topological polar surface area (TPSA) is 15.3 Å². The third-order valence-corrected chi connectivity index (χ3v) is 6.71. The van der Waals surface area contributed by atoms with E-state index in [9.17, 15) is 0 Å². The fourth-order valence-corrected chi connectivity index (χ4v) is 5.05. The maximum absolute atomic E-state index is 3.92. The molecular weight excluding hydrogens is 256 g/mol. The normalized spacial score (nSPS) is 37.7. The van der Waals surface area contributed by atoms with Crippen LogP contribution >= 0.6 is 0 Å². The van der Waals surface area contributed by atoms with Crippen LogP contribution in [-0.4, -0.2) is 35.6 Å². The van der Waals surface area contributed by atoms with E-state index in [2.05, 4.69) is 24.1 Å². The molecule has 2 heteroatoms. The van der Waals surface area contributed by atoms with Crippen molar-refractivity contribution in [1.82, 2.24) is 10.2 Å². The molecule has 1 aliphatic heterocycles. The molecule has 0 aromatic heterocycles. The van der Waals surface area contributed by atoms with E-state index in [0.717, 1.165) is 18.0 Å². The van der Waals surface area contributed by atoms with Gasteiger partial charge in [-0.2, -0.15) is 0 Å². The molecule has 3 rings (SSSR count). The summed E-state index contributed by atoms with van der Waals surface area (Å²) in [5.41, 5.74) is 0.350. The molecule has 0 aromatic carbocycles. The molecule has 1 heterocycles. The first-order valence-electron chi connectivity index (χ1n) is 9.72. The fourth-order valence-electron chi connectivity index (χ4n) is 5.05. The van der Waals surface area contributed by atoms with Crippen LogP contribution in [0.5, 0.6) is 0 Å². The summed E-state index contributed by atoms with van der Waals surface area (Å²) in [6.45, 7) is 7.33. The van der Waals surface area contributed by atoms with E-state index in [1.165, 1.54) is 83.7 Å². The van der Waals surface area contributed by atoms with Gasteiger partial charge in [0.25, 0.3) is 0 Å². The summed E-state index contributed by atoms with van der Waals surface area (Å²) in [4.78, 5) is 2.98. The molecule has 0 aromatic rings. The van der Waals surface area contributed by atoms with Crippen LogP contribution in [0.4, 0.5) is 0 Å². The molecule has 0 amide bonds. The molecule has 0 radical (unpaired) electrons. The Bertz CT molecular complexity index is 318. The SMILES string of the molecule is CCC1(C)CN(C2CCCCC2)C(C2CCCCC2)CN1. The summed E-state index contributed by atoms with van der Waals surface area (Å²) < 4.78 is 0. The molecule has 2 unspecified atom stereocenters. The third kappa shape index (κ3) is 3.64. The van der Waals surface area contributed by atoms with E-state index in [1.807, 2.05) is 0 Å². The average Bonchev–Trinajstić information content (AvgIpc) is 2.56. The number of nitrogens with zero attached hydrogens (tertiary/aromatic N) is 1. The van der Waals surface area contributed by atoms with Crippen molar-refractivity contribution in [3.8, 4) is 0 Å². The third-order valence-electron chi connectivity index (χ3n) is 6.71. The van der Waals surface area contributed by atoms with Gasteiger partial charge in [-0.3, -0.25) is 4.90 Å². The second-order valence-electron chi connectivity index (χ2n) is 8.22. The average molecular weight is 293 g/mol. The zero-order chi connectivity index (χ0) is 14.7. The van der Waals surface area contributed by atoms with Crippen molar-refractivity contribution in [3.63, 3.8) is 0 Å². The van der Waals surface area contributed by atoms with Crippen molar-refractivity contribution >= 4 is 0 Å². The van der Waals surface area contributed by atoms with Gasteiger partial charge in [0.1, 0.15) is 0 Å². The number of rotatable bonds is 3. The molecule has 2 nitrogen and oxygen atoms in total. The molecule has 21 heavy (non-hydrogen) atoms. The van der Waals surface area contributed by atoms with Crippen LogP contribution in [0, 0.1) is 5.92 Å². The summed E-state index contributed by atoms with van der Waals surface area (Å²) in [6.07, 6.45) is 16.0. The number of hydrogen-bond donors (Lipinski definition) is 1. The van der Waals surface area contributed by atoms with Crippen molar-refractivity contribution in [2.24, 2.45) is 5.92 Å². The van der Waals surface area contributed by atoms with Crippen LogP contribution < -0.4 is 5.32 Å². The van der Waals surface area contributed by atoms with E-state index in [4.69, 9.17) is 0 Å². The molecule has 0 spiro atoms. The van der Waals surface area contributed by atoms with E-state index in [0.29, 0.717) is 5.54 Å². The van der Waals surface area contributed by atoms with E-state index in [-0.39, 0.29) is 0 Å². The smallest absolute Gasteiger partial charge is 0.0278 e. The van der Waals surface area contributed by atoms with Crippen LogP contribution in [-0.2, 0) is 0 Å². The fraction of sp³-hybridized carbons (Fsp3) is 1.00. The van der Waals surface area contributed by atoms with E-state index >= 15 is 0 Å². The van der Waals surface area contributed by atoms with E-state index < -0.39 is 0 Å². The zero-order valence-electron chi connectivity index (χ0n) is 14.4. The van der Waals surface area contributed by atoms with Crippen molar-refractivity contribution < 1.29 is 0 Å². The van der Waals surface area contributed by atoms with Crippen molar-refractivity contribution in [3.05, 3.63) is 0 Å². The highest BCUT2D eigenvalue weighted by atomic mass is 15.3. The molecule has 1 N–H and O–H groups in total. The van der Waals surface area contributed by atoms with Crippen molar-refractivity contribution in [1.29, 1.82) is 0 Å². The number of nitrogens with one attached hydrogen (secondary N) is 1. The Labute approximate surface area is 132 Å². The van der Waals surface area contributed by atoms with Gasteiger partial charge in [0.15, 0.2) is 0 Å². The molecule has 2 aliphatic carbocycles. The van der Waals surface area contributed by atoms with Crippen LogP contribution in [0.15, 0.2) is 0 Å². The summed E-state index contributed by atoms with van der Waals surface area (Å²) in [6, 6.07) is 1.71. The molecule has 2 saturated carbocycles. The van der Waals surface area contributed by atoms with Gasteiger partial charge in [-0.25, -0.2) is 0 Å². The molecule has 1 saturated heterocycles. The van der Waals surface area contributed by atoms with Crippen molar-refractivity contribution in [2.75, 3.05) is 13.1 Å². The Morgan fingerprint density at radius 3 is 2.19 bits per heavy atom. The van der Waals surface area contributed by atoms with E-state index in [1.54, 1.807) is 0 Å². The monoisotopic (exact) mass is 292 g/mol. The van der Waals surface area contributed by atoms with Crippen LogP contribution in [0.1, 0.15) is 84.5 Å². The van der Waals surface area contributed by atoms with Gasteiger partial charge in [-0.1, -0.05) is 45.4 Å². The standard InChI is InChI=1S/C19H36N2/c1-3-19(2)15-21(17-12-8-5-9-13-17)18(14-20-19)16-10-6-4-7-11-16/h16-18,20H,3-15H2,1-2H3. The first-order chi connectivity index (χ1) is 10.2. The number of hydrogen-bond acceptors (Lipinski definition) is 2. The lowest BCUT2D eigenvalue weighted by Crippen LogP contribution is -2.66. The van der Waals surface area contributed by atoms with Crippen molar-refractivity contribution in [2.45, 2.75) is 102 Å². The second kappa shape index (κ2) is 7.00. The zero-order valence-corrected chi connectivity index (χ0v) is 14.4. The lowest BCUT2D eigenvalue weighted by atomic mass is 9.78. The molecule has 0 bridgehead atoms. The molecule has 3 aliphatic rings. The highest BCUT2D eigenvalue weighted by molar-refractivity contribution is 4.99. The predicted molar refractivity (Wildman–Crippen MR) is 90.6 cm³/mol. The Morgan fingerprint density at radius 1 is 0.952 bits per heavy atom. The summed E-state index contributed by atoms with van der Waals surface area (Å²) in [5.74, 6) is 0.967. The molecule has 122 valence electrons. The van der Waals surface area contributed by atoms with Gasteiger partial charge in [-0.05, 0) is 44.9 Å². The van der Waals surface area contributed by atoms with Gasteiger partial charge < -0.3 is 5.32 Å². The summed E-state index contributed by atoms with van der Waals surface area (Å²) >= 11 is 0. The second-order valence-corrected chi connectivity index (χ2v) is 8.22. The van der Waals surface area contributed by atoms with Gasteiger partial charge in [-0.15, -0.1) is 0 Å². The minimum atomic E-state index is 0.350. The van der Waals surface area contributed by atoms with Gasteiger partial charge in [0.2, 0.25) is 0 Å². The Kier molecular flexibility index (Phi) is 5.27. The summed E-state index contributed by atoms with van der Waals surface area (Å²) in [5, 5.41) is 3.92. The lowest BCUT2D eigenvalue weighted by Gasteiger charge is -2.52. The highest BCUT2D eigenvalue weighted by Gasteiger charge is 2.41. The largest absolute Gasteiger partial charge is 0.309 e. The molecule has 2 atom stereocenters. The first-order valence-corrected chi connectivity index (χ1v) is 9.72. The quantitative estimate of drug-likeness (QED) is 0.832. The van der Waals surface area contributed by atoms with Crippen LogP contribution in [0.2, 0.25) is 0 Å². The Morgan fingerprint density at radius 2 is 1.57 bits per heavy atom. The molecule has 3 fully saturated rings. The minimum Gasteiger partial charge on any atom is -0.309 e. The highest BCUT2D eigenvalue weighted by Crippen LogP contribution is 2.36. The maximum Gasteiger partial charge on any atom is 0.0278 e. The van der Waals surface area contributed by atoms with Gasteiger partial charge >= 0.3 is 0 Å². The molecular formula is C19H36N2. The minimum absolute atomic E-state index is 0.350. The van der Waals surface area contributed by atoms with Gasteiger partial charge in [0, 0.05) is 30.7 Å². The lowest BCUT2D eigenvalue weighted by molar-refractivity contribution is -0.00272.